The summed E-state index contributed by atoms with van der Waals surface area (Å²) in [4.78, 5) is 0. The monoisotopic (exact) mass is 234 g/mol. The van der Waals surface area contributed by atoms with Gasteiger partial charge >= 0.3 is 0 Å². The number of ether oxygens (including phenoxy) is 1. The van der Waals surface area contributed by atoms with Gasteiger partial charge in [-0.1, -0.05) is 23.8 Å². The smallest absolute Gasteiger partial charge is 0.166 e. The Hall–Kier alpha value is -1.90. The molecule has 0 saturated heterocycles. The zero-order valence-corrected chi connectivity index (χ0v) is 9.41. The quantitative estimate of drug-likeness (QED) is 0.765. The minimum atomic E-state index is -0.679. The molecule has 17 heavy (non-hydrogen) atoms. The summed E-state index contributed by atoms with van der Waals surface area (Å²) in [6, 6.07) is 11.4. The van der Waals surface area contributed by atoms with Gasteiger partial charge in [-0.3, -0.25) is 0 Å². The Kier molecular flexibility index (Phi) is 3.38. The third kappa shape index (κ3) is 2.81. The van der Waals surface area contributed by atoms with E-state index in [4.69, 9.17) is 4.74 Å². The van der Waals surface area contributed by atoms with Gasteiger partial charge < -0.3 is 4.74 Å². The summed E-state index contributed by atoms with van der Waals surface area (Å²) in [6.45, 7) is 1.28. The molecule has 2 aromatic rings. The molecule has 2 rings (SSSR count). The minimum absolute atomic E-state index is 0.103. The van der Waals surface area contributed by atoms with E-state index in [1.54, 1.807) is 12.1 Å². The van der Waals surface area contributed by atoms with Crippen LogP contribution in [0, 0.1) is 12.7 Å². The van der Waals surface area contributed by atoms with E-state index < -0.39 is 12.5 Å². The zero-order valence-electron chi connectivity index (χ0n) is 9.41. The number of halogens is 2. The van der Waals surface area contributed by atoms with E-state index in [-0.39, 0.29) is 5.75 Å². The molecule has 88 valence electrons. The Labute approximate surface area is 98.7 Å². The molecule has 0 aliphatic heterocycles. The van der Waals surface area contributed by atoms with Crippen molar-refractivity contribution in [2.75, 3.05) is 0 Å². The number of benzene rings is 2. The maximum Gasteiger partial charge on any atom is 0.166 e. The summed E-state index contributed by atoms with van der Waals surface area (Å²) in [5.41, 5.74) is 1.41. The van der Waals surface area contributed by atoms with E-state index in [2.05, 4.69) is 0 Å². The van der Waals surface area contributed by atoms with Crippen LogP contribution in [-0.4, -0.2) is 0 Å². The summed E-state index contributed by atoms with van der Waals surface area (Å²) < 4.78 is 31.2. The molecule has 0 spiro atoms. The van der Waals surface area contributed by atoms with Crippen LogP contribution in [0.1, 0.15) is 11.1 Å². The number of hydrogen-bond acceptors (Lipinski definition) is 1. The van der Waals surface area contributed by atoms with Gasteiger partial charge in [-0.25, -0.2) is 8.78 Å². The molecule has 1 nitrogen and oxygen atoms in total. The summed E-state index contributed by atoms with van der Waals surface area (Å²) in [5.74, 6) is 0.106. The lowest BCUT2D eigenvalue weighted by molar-refractivity contribution is 0.437. The summed E-state index contributed by atoms with van der Waals surface area (Å²) in [7, 11) is 0. The van der Waals surface area contributed by atoms with Crippen LogP contribution in [0.2, 0.25) is 0 Å². The van der Waals surface area contributed by atoms with Crippen molar-refractivity contribution in [1.29, 1.82) is 0 Å². The molecule has 0 saturated carbocycles. The molecule has 0 aliphatic carbocycles. The molecule has 0 atom stereocenters. The summed E-state index contributed by atoms with van der Waals surface area (Å²) in [6.07, 6.45) is 0. The van der Waals surface area contributed by atoms with E-state index >= 15 is 0 Å². The summed E-state index contributed by atoms with van der Waals surface area (Å²) in [5, 5.41) is 0. The van der Waals surface area contributed by atoms with Crippen LogP contribution >= 0.6 is 0 Å². The Balaban J connectivity index is 2.21. The lowest BCUT2D eigenvalue weighted by Crippen LogP contribution is -1.90. The molecular formula is C14H12F2O. The van der Waals surface area contributed by atoms with Crippen molar-refractivity contribution in [2.45, 2.75) is 13.6 Å². The minimum Gasteiger partial charge on any atom is -0.454 e. The van der Waals surface area contributed by atoms with Crippen LogP contribution in [0.3, 0.4) is 0 Å². The first-order valence-corrected chi connectivity index (χ1v) is 5.28. The highest BCUT2D eigenvalue weighted by atomic mass is 19.1. The largest absolute Gasteiger partial charge is 0.454 e. The number of alkyl halides is 1. The van der Waals surface area contributed by atoms with E-state index in [0.717, 1.165) is 11.6 Å². The second-order valence-corrected chi connectivity index (χ2v) is 3.81. The molecule has 0 fully saturated rings. The Morgan fingerprint density at radius 1 is 1.06 bits per heavy atom. The van der Waals surface area contributed by atoms with E-state index in [0.29, 0.717) is 11.3 Å². The molecule has 0 amide bonds. The van der Waals surface area contributed by atoms with Crippen molar-refractivity contribution in [1.82, 2.24) is 0 Å². The molecule has 0 bridgehead atoms. The first kappa shape index (κ1) is 11.6. The molecule has 0 N–H and O–H groups in total. The van der Waals surface area contributed by atoms with E-state index in [1.165, 1.54) is 12.1 Å². The van der Waals surface area contributed by atoms with Crippen molar-refractivity contribution >= 4 is 0 Å². The van der Waals surface area contributed by atoms with Crippen LogP contribution < -0.4 is 4.74 Å². The van der Waals surface area contributed by atoms with Gasteiger partial charge in [-0.15, -0.1) is 0 Å². The number of aryl methyl sites for hydroxylation is 1. The predicted octanol–water partition coefficient (Wildman–Crippen LogP) is 4.40. The Bertz CT molecular complexity index is 506. The molecule has 3 heteroatoms. The highest BCUT2D eigenvalue weighted by molar-refractivity contribution is 5.35. The molecule has 0 aromatic heterocycles. The van der Waals surface area contributed by atoms with Crippen molar-refractivity contribution in [3.8, 4) is 11.5 Å². The van der Waals surface area contributed by atoms with Crippen LogP contribution in [0.5, 0.6) is 11.5 Å². The van der Waals surface area contributed by atoms with Crippen molar-refractivity contribution < 1.29 is 13.5 Å². The van der Waals surface area contributed by atoms with Gasteiger partial charge in [0.1, 0.15) is 12.4 Å². The fraction of sp³-hybridized carbons (Fsp3) is 0.143. The molecule has 0 heterocycles. The fourth-order valence-electron chi connectivity index (χ4n) is 1.44. The topological polar surface area (TPSA) is 9.23 Å². The van der Waals surface area contributed by atoms with Gasteiger partial charge in [0.2, 0.25) is 0 Å². The van der Waals surface area contributed by atoms with Gasteiger partial charge in [0.05, 0.1) is 0 Å². The lowest BCUT2D eigenvalue weighted by Gasteiger charge is -2.07. The number of hydrogen-bond donors (Lipinski definition) is 0. The molecule has 0 unspecified atom stereocenters. The third-order valence-electron chi connectivity index (χ3n) is 2.40. The third-order valence-corrected chi connectivity index (χ3v) is 2.40. The van der Waals surface area contributed by atoms with Gasteiger partial charge in [0, 0.05) is 0 Å². The van der Waals surface area contributed by atoms with Crippen molar-refractivity contribution in [2.24, 2.45) is 0 Å². The highest BCUT2D eigenvalue weighted by Crippen LogP contribution is 2.25. The average molecular weight is 234 g/mol. The lowest BCUT2D eigenvalue weighted by atomic mass is 10.2. The van der Waals surface area contributed by atoms with E-state index in [1.807, 2.05) is 19.1 Å². The zero-order chi connectivity index (χ0) is 12.3. The normalized spacial score (nSPS) is 10.3. The van der Waals surface area contributed by atoms with E-state index in [9.17, 15) is 8.78 Å². The summed E-state index contributed by atoms with van der Waals surface area (Å²) >= 11 is 0. The number of rotatable bonds is 3. The van der Waals surface area contributed by atoms with Crippen LogP contribution in [0.15, 0.2) is 42.5 Å². The van der Waals surface area contributed by atoms with Gasteiger partial charge in [0.15, 0.2) is 11.6 Å². The maximum atomic E-state index is 13.5. The van der Waals surface area contributed by atoms with Crippen molar-refractivity contribution in [3.05, 3.63) is 59.4 Å². The van der Waals surface area contributed by atoms with Crippen LogP contribution in [0.4, 0.5) is 8.78 Å². The Morgan fingerprint density at radius 3 is 2.35 bits per heavy atom. The van der Waals surface area contributed by atoms with Gasteiger partial charge in [0.25, 0.3) is 0 Å². The van der Waals surface area contributed by atoms with Crippen LogP contribution in [0.25, 0.3) is 0 Å². The highest BCUT2D eigenvalue weighted by Gasteiger charge is 2.05. The molecule has 0 aliphatic rings. The first-order chi connectivity index (χ1) is 8.19. The maximum absolute atomic E-state index is 13.5. The SMILES string of the molecule is Cc1ccc(Oc2ccc(CF)cc2F)cc1. The van der Waals surface area contributed by atoms with Crippen molar-refractivity contribution in [3.63, 3.8) is 0 Å². The van der Waals surface area contributed by atoms with Gasteiger partial charge in [-0.2, -0.15) is 0 Å². The second kappa shape index (κ2) is 4.95. The standard InChI is InChI=1S/C14H12F2O/c1-10-2-5-12(6-3-10)17-14-7-4-11(9-15)8-13(14)16/h2-8H,9H2,1H3. The molecule has 0 radical (unpaired) electrons. The van der Waals surface area contributed by atoms with Crippen LogP contribution in [-0.2, 0) is 6.67 Å². The van der Waals surface area contributed by atoms with Gasteiger partial charge in [-0.05, 0) is 36.8 Å². The average Bonchev–Trinajstić information content (AvgIpc) is 2.34. The fourth-order valence-corrected chi connectivity index (χ4v) is 1.44. The predicted molar refractivity (Wildman–Crippen MR) is 62.5 cm³/mol. The molecule has 2 aromatic carbocycles. The first-order valence-electron chi connectivity index (χ1n) is 5.28. The Morgan fingerprint density at radius 2 is 1.76 bits per heavy atom. The second-order valence-electron chi connectivity index (χ2n) is 3.81. The molecular weight excluding hydrogens is 222 g/mol.